The molecule has 19 heavy (non-hydrogen) atoms. The first kappa shape index (κ1) is 14.5. The fourth-order valence-electron chi connectivity index (χ4n) is 2.91. The predicted molar refractivity (Wildman–Crippen MR) is 77.2 cm³/mol. The number of halogens is 1. The molecule has 106 valence electrons. The van der Waals surface area contributed by atoms with E-state index in [-0.39, 0.29) is 5.82 Å². The number of likely N-dealkylation sites (tertiary alicyclic amines) is 1. The maximum absolute atomic E-state index is 13.8. The lowest BCUT2D eigenvalue weighted by Gasteiger charge is -2.20. The van der Waals surface area contributed by atoms with E-state index in [2.05, 4.69) is 11.8 Å². The Hall–Kier alpha value is -0.930. The Morgan fingerprint density at radius 3 is 2.89 bits per heavy atom. The highest BCUT2D eigenvalue weighted by molar-refractivity contribution is 5.25. The van der Waals surface area contributed by atoms with Crippen molar-refractivity contribution in [1.29, 1.82) is 0 Å². The molecular weight excluding hydrogens is 239 g/mol. The molecule has 1 fully saturated rings. The zero-order valence-electron chi connectivity index (χ0n) is 11.9. The summed E-state index contributed by atoms with van der Waals surface area (Å²) in [5.41, 5.74) is 7.43. The second kappa shape index (κ2) is 7.01. The van der Waals surface area contributed by atoms with E-state index in [0.717, 1.165) is 36.7 Å². The van der Waals surface area contributed by atoms with Crippen molar-refractivity contribution in [2.24, 2.45) is 11.7 Å². The molecule has 0 radical (unpaired) electrons. The zero-order chi connectivity index (χ0) is 13.7. The van der Waals surface area contributed by atoms with Gasteiger partial charge in [-0.1, -0.05) is 25.5 Å². The van der Waals surface area contributed by atoms with Crippen LogP contribution >= 0.6 is 0 Å². The van der Waals surface area contributed by atoms with Gasteiger partial charge in [0.1, 0.15) is 5.82 Å². The summed E-state index contributed by atoms with van der Waals surface area (Å²) in [5, 5.41) is 0. The highest BCUT2D eigenvalue weighted by atomic mass is 19.1. The van der Waals surface area contributed by atoms with Crippen molar-refractivity contribution in [2.45, 2.75) is 45.7 Å². The topological polar surface area (TPSA) is 29.3 Å². The fourth-order valence-corrected chi connectivity index (χ4v) is 2.91. The molecule has 2 N–H and O–H groups in total. The van der Waals surface area contributed by atoms with Gasteiger partial charge in [-0.3, -0.25) is 4.90 Å². The smallest absolute Gasteiger partial charge is 0.127 e. The molecule has 3 heteroatoms. The first-order valence-electron chi connectivity index (χ1n) is 7.42. The van der Waals surface area contributed by atoms with Crippen molar-refractivity contribution < 1.29 is 4.39 Å². The summed E-state index contributed by atoms with van der Waals surface area (Å²) in [6, 6.07) is 5.23. The summed E-state index contributed by atoms with van der Waals surface area (Å²) >= 11 is 0. The minimum absolute atomic E-state index is 0.103. The largest absolute Gasteiger partial charge is 0.326 e. The molecule has 1 aliphatic heterocycles. The first-order chi connectivity index (χ1) is 9.22. The molecule has 0 aliphatic carbocycles. The van der Waals surface area contributed by atoms with Gasteiger partial charge < -0.3 is 5.73 Å². The molecule has 1 atom stereocenters. The second-order valence-electron chi connectivity index (χ2n) is 5.61. The standard InChI is InChI=1S/C16H25FN2/c1-2-13-4-3-8-19(9-7-13)12-15-10-14(11-18)5-6-16(15)17/h5-6,10,13H,2-4,7-9,11-12,18H2,1H3. The van der Waals surface area contributed by atoms with Crippen LogP contribution < -0.4 is 5.73 Å². The van der Waals surface area contributed by atoms with E-state index < -0.39 is 0 Å². The fraction of sp³-hybridized carbons (Fsp3) is 0.625. The third-order valence-electron chi connectivity index (χ3n) is 4.26. The van der Waals surface area contributed by atoms with Gasteiger partial charge in [0.05, 0.1) is 0 Å². The van der Waals surface area contributed by atoms with Crippen LogP contribution in [-0.4, -0.2) is 18.0 Å². The van der Waals surface area contributed by atoms with E-state index in [1.54, 1.807) is 12.1 Å². The summed E-state index contributed by atoms with van der Waals surface area (Å²) < 4.78 is 13.8. The van der Waals surface area contributed by atoms with Crippen LogP contribution in [-0.2, 0) is 13.1 Å². The Bertz CT molecular complexity index is 406. The third-order valence-corrected chi connectivity index (χ3v) is 4.26. The monoisotopic (exact) mass is 264 g/mol. The maximum Gasteiger partial charge on any atom is 0.127 e. The minimum Gasteiger partial charge on any atom is -0.326 e. The quantitative estimate of drug-likeness (QED) is 0.904. The minimum atomic E-state index is -0.103. The van der Waals surface area contributed by atoms with Gasteiger partial charge in [0.25, 0.3) is 0 Å². The average Bonchev–Trinajstić information content (AvgIpc) is 2.66. The van der Waals surface area contributed by atoms with Crippen molar-refractivity contribution in [3.05, 3.63) is 35.1 Å². The first-order valence-corrected chi connectivity index (χ1v) is 7.42. The van der Waals surface area contributed by atoms with Crippen molar-refractivity contribution in [1.82, 2.24) is 4.90 Å². The van der Waals surface area contributed by atoms with Crippen molar-refractivity contribution in [3.63, 3.8) is 0 Å². The number of hydrogen-bond acceptors (Lipinski definition) is 2. The van der Waals surface area contributed by atoms with Crippen LogP contribution in [0.4, 0.5) is 4.39 Å². The average molecular weight is 264 g/mol. The van der Waals surface area contributed by atoms with Gasteiger partial charge in [0, 0.05) is 18.7 Å². The molecule has 0 aromatic heterocycles. The number of nitrogens with zero attached hydrogens (tertiary/aromatic N) is 1. The molecule has 1 saturated heterocycles. The van der Waals surface area contributed by atoms with Crippen molar-refractivity contribution in [3.8, 4) is 0 Å². The van der Waals surface area contributed by atoms with Crippen molar-refractivity contribution in [2.75, 3.05) is 13.1 Å². The number of nitrogens with two attached hydrogens (primary N) is 1. The molecule has 0 spiro atoms. The molecule has 1 aromatic rings. The van der Waals surface area contributed by atoms with Gasteiger partial charge in [0.2, 0.25) is 0 Å². The second-order valence-corrected chi connectivity index (χ2v) is 5.61. The zero-order valence-corrected chi connectivity index (χ0v) is 11.9. The highest BCUT2D eigenvalue weighted by Gasteiger charge is 2.16. The predicted octanol–water partition coefficient (Wildman–Crippen LogP) is 3.30. The van der Waals surface area contributed by atoms with Crippen LogP contribution in [0.15, 0.2) is 18.2 Å². The van der Waals surface area contributed by atoms with E-state index in [0.29, 0.717) is 6.54 Å². The van der Waals surface area contributed by atoms with Crippen LogP contribution in [0.25, 0.3) is 0 Å². The normalized spacial score (nSPS) is 21.3. The molecule has 1 heterocycles. The summed E-state index contributed by atoms with van der Waals surface area (Å²) in [7, 11) is 0. The Morgan fingerprint density at radius 1 is 1.32 bits per heavy atom. The summed E-state index contributed by atoms with van der Waals surface area (Å²) in [4.78, 5) is 2.38. The van der Waals surface area contributed by atoms with Crippen LogP contribution in [0.3, 0.4) is 0 Å². The molecule has 1 aromatic carbocycles. The van der Waals surface area contributed by atoms with Gasteiger partial charge in [0.15, 0.2) is 0 Å². The Labute approximate surface area is 115 Å². The Kier molecular flexibility index (Phi) is 5.34. The van der Waals surface area contributed by atoms with Crippen LogP contribution in [0.1, 0.15) is 43.7 Å². The van der Waals surface area contributed by atoms with Gasteiger partial charge in [-0.15, -0.1) is 0 Å². The number of hydrogen-bond donors (Lipinski definition) is 1. The molecule has 2 rings (SSSR count). The van der Waals surface area contributed by atoms with Gasteiger partial charge >= 0.3 is 0 Å². The lowest BCUT2D eigenvalue weighted by atomic mass is 9.98. The van der Waals surface area contributed by atoms with Crippen LogP contribution in [0.5, 0.6) is 0 Å². The molecule has 0 saturated carbocycles. The maximum atomic E-state index is 13.8. The lowest BCUT2D eigenvalue weighted by Crippen LogP contribution is -2.25. The molecule has 1 unspecified atom stereocenters. The van der Waals surface area contributed by atoms with E-state index in [1.165, 1.54) is 25.7 Å². The van der Waals surface area contributed by atoms with Gasteiger partial charge in [-0.05, 0) is 49.9 Å². The molecule has 1 aliphatic rings. The van der Waals surface area contributed by atoms with E-state index >= 15 is 0 Å². The Balaban J connectivity index is 2.00. The van der Waals surface area contributed by atoms with Gasteiger partial charge in [-0.2, -0.15) is 0 Å². The van der Waals surface area contributed by atoms with E-state index in [9.17, 15) is 4.39 Å². The third kappa shape index (κ3) is 4.02. The summed E-state index contributed by atoms with van der Waals surface area (Å²) in [6.07, 6.45) is 5.06. The van der Waals surface area contributed by atoms with Crippen LogP contribution in [0.2, 0.25) is 0 Å². The van der Waals surface area contributed by atoms with E-state index in [4.69, 9.17) is 5.73 Å². The highest BCUT2D eigenvalue weighted by Crippen LogP contribution is 2.22. The molecular formula is C16H25FN2. The Morgan fingerprint density at radius 2 is 2.16 bits per heavy atom. The number of benzene rings is 1. The van der Waals surface area contributed by atoms with E-state index in [1.807, 2.05) is 6.07 Å². The summed E-state index contributed by atoms with van der Waals surface area (Å²) in [6.45, 7) is 5.64. The molecule has 0 bridgehead atoms. The van der Waals surface area contributed by atoms with Crippen LogP contribution in [0, 0.1) is 11.7 Å². The van der Waals surface area contributed by atoms with Crippen molar-refractivity contribution >= 4 is 0 Å². The SMILES string of the molecule is CCC1CCCN(Cc2cc(CN)ccc2F)CC1. The molecule has 0 amide bonds. The van der Waals surface area contributed by atoms with Gasteiger partial charge in [-0.25, -0.2) is 4.39 Å². The number of rotatable bonds is 4. The molecule has 2 nitrogen and oxygen atoms in total. The lowest BCUT2D eigenvalue weighted by molar-refractivity contribution is 0.268. The summed E-state index contributed by atoms with van der Waals surface area (Å²) in [5.74, 6) is 0.749.